The Labute approximate surface area is 99.6 Å². The Morgan fingerprint density at radius 3 is 2.80 bits per heavy atom. The minimum atomic E-state index is 0.571. The van der Waals surface area contributed by atoms with E-state index in [1.165, 1.54) is 24.8 Å². The second-order valence-corrected chi connectivity index (χ2v) is 5.44. The first kappa shape index (κ1) is 10.9. The highest BCUT2D eigenvalue weighted by molar-refractivity contribution is 9.10. The number of pyridine rings is 1. The number of anilines is 1. The molecule has 0 bridgehead atoms. The largest absolute Gasteiger partial charge is 0.369 e. The molecule has 0 spiro atoms. The summed E-state index contributed by atoms with van der Waals surface area (Å²) in [6.07, 6.45) is 5.86. The summed E-state index contributed by atoms with van der Waals surface area (Å²) in [7, 11) is 0. The summed E-state index contributed by atoms with van der Waals surface area (Å²) in [5, 5.41) is 3.46. The highest BCUT2D eigenvalue weighted by Crippen LogP contribution is 2.48. The van der Waals surface area contributed by atoms with Crippen LogP contribution in [0, 0.1) is 12.3 Å². The molecular weight excluding hydrogens is 252 g/mol. The van der Waals surface area contributed by atoms with Crippen LogP contribution in [0.4, 0.5) is 5.82 Å². The Balaban J connectivity index is 1.99. The molecule has 15 heavy (non-hydrogen) atoms. The van der Waals surface area contributed by atoms with Crippen LogP contribution in [0.3, 0.4) is 0 Å². The van der Waals surface area contributed by atoms with E-state index in [-0.39, 0.29) is 0 Å². The normalized spacial score (nSPS) is 17.5. The van der Waals surface area contributed by atoms with Crippen molar-refractivity contribution in [2.75, 3.05) is 11.9 Å². The standard InChI is InChI=1S/C12H17BrN2/c1-3-12(4-5-12)8-15-11-9(2)6-10(13)7-14-11/h6-7H,3-5,8H2,1-2H3,(H,14,15). The molecule has 0 atom stereocenters. The van der Waals surface area contributed by atoms with Gasteiger partial charge in [-0.25, -0.2) is 4.98 Å². The molecule has 0 saturated heterocycles. The summed E-state index contributed by atoms with van der Waals surface area (Å²) in [6.45, 7) is 5.43. The highest BCUT2D eigenvalue weighted by Gasteiger charge is 2.40. The second kappa shape index (κ2) is 4.12. The van der Waals surface area contributed by atoms with E-state index in [1.807, 2.05) is 6.20 Å². The van der Waals surface area contributed by atoms with E-state index in [1.54, 1.807) is 0 Å². The fraction of sp³-hybridized carbons (Fsp3) is 0.583. The summed E-state index contributed by atoms with van der Waals surface area (Å²) in [5.74, 6) is 1.03. The van der Waals surface area contributed by atoms with Crippen LogP contribution in [0.2, 0.25) is 0 Å². The number of nitrogens with zero attached hydrogens (tertiary/aromatic N) is 1. The summed E-state index contributed by atoms with van der Waals surface area (Å²) in [5.41, 5.74) is 1.78. The van der Waals surface area contributed by atoms with Gasteiger partial charge in [0.05, 0.1) is 0 Å². The number of rotatable bonds is 4. The molecule has 1 heterocycles. The van der Waals surface area contributed by atoms with Crippen LogP contribution < -0.4 is 5.32 Å². The first-order chi connectivity index (χ1) is 7.15. The van der Waals surface area contributed by atoms with E-state index in [9.17, 15) is 0 Å². The average molecular weight is 269 g/mol. The van der Waals surface area contributed by atoms with Crippen molar-refractivity contribution in [1.82, 2.24) is 4.98 Å². The van der Waals surface area contributed by atoms with Crippen LogP contribution in [-0.2, 0) is 0 Å². The molecule has 1 aromatic heterocycles. The van der Waals surface area contributed by atoms with Crippen molar-refractivity contribution in [3.63, 3.8) is 0 Å². The minimum absolute atomic E-state index is 0.571. The quantitative estimate of drug-likeness (QED) is 0.900. The van der Waals surface area contributed by atoms with E-state index < -0.39 is 0 Å². The Kier molecular flexibility index (Phi) is 3.01. The lowest BCUT2D eigenvalue weighted by Crippen LogP contribution is -2.15. The molecule has 82 valence electrons. The van der Waals surface area contributed by atoms with Crippen molar-refractivity contribution in [2.24, 2.45) is 5.41 Å². The lowest BCUT2D eigenvalue weighted by molar-refractivity contribution is 0.520. The maximum Gasteiger partial charge on any atom is 0.128 e. The summed E-state index contributed by atoms with van der Waals surface area (Å²) >= 11 is 3.42. The van der Waals surface area contributed by atoms with Crippen LogP contribution in [-0.4, -0.2) is 11.5 Å². The van der Waals surface area contributed by atoms with Gasteiger partial charge in [0.25, 0.3) is 0 Å². The lowest BCUT2D eigenvalue weighted by Gasteiger charge is -2.15. The van der Waals surface area contributed by atoms with E-state index in [2.05, 4.69) is 46.1 Å². The van der Waals surface area contributed by atoms with Crippen LogP contribution in [0.5, 0.6) is 0 Å². The van der Waals surface area contributed by atoms with Crippen LogP contribution in [0.15, 0.2) is 16.7 Å². The number of hydrogen-bond acceptors (Lipinski definition) is 2. The zero-order valence-electron chi connectivity index (χ0n) is 9.31. The Morgan fingerprint density at radius 2 is 2.27 bits per heavy atom. The van der Waals surface area contributed by atoms with Crippen molar-refractivity contribution in [1.29, 1.82) is 0 Å². The number of nitrogens with one attached hydrogen (secondary N) is 1. The van der Waals surface area contributed by atoms with Crippen LogP contribution in [0.25, 0.3) is 0 Å². The molecule has 0 unspecified atom stereocenters. The number of aromatic nitrogens is 1. The third-order valence-electron chi connectivity index (χ3n) is 3.38. The van der Waals surface area contributed by atoms with E-state index >= 15 is 0 Å². The Hall–Kier alpha value is -0.570. The van der Waals surface area contributed by atoms with Crippen molar-refractivity contribution >= 4 is 21.7 Å². The third kappa shape index (κ3) is 2.51. The van der Waals surface area contributed by atoms with Crippen LogP contribution in [0.1, 0.15) is 31.7 Å². The van der Waals surface area contributed by atoms with E-state index in [0.29, 0.717) is 5.41 Å². The van der Waals surface area contributed by atoms with Gasteiger partial charge < -0.3 is 5.32 Å². The van der Waals surface area contributed by atoms with Gasteiger partial charge in [0.2, 0.25) is 0 Å². The second-order valence-electron chi connectivity index (χ2n) is 4.53. The molecule has 2 nitrogen and oxygen atoms in total. The first-order valence-electron chi connectivity index (χ1n) is 5.51. The molecule has 1 fully saturated rings. The molecule has 0 aliphatic heterocycles. The third-order valence-corrected chi connectivity index (χ3v) is 3.82. The minimum Gasteiger partial charge on any atom is -0.369 e. The average Bonchev–Trinajstić information content (AvgIpc) is 2.97. The molecule has 2 rings (SSSR count). The van der Waals surface area contributed by atoms with E-state index in [0.717, 1.165) is 16.8 Å². The lowest BCUT2D eigenvalue weighted by atomic mass is 10.0. The molecule has 1 saturated carbocycles. The van der Waals surface area contributed by atoms with Gasteiger partial charge in [0.1, 0.15) is 5.82 Å². The zero-order valence-corrected chi connectivity index (χ0v) is 10.9. The molecule has 1 aromatic rings. The molecular formula is C12H17BrN2. The molecule has 3 heteroatoms. The Morgan fingerprint density at radius 1 is 1.53 bits per heavy atom. The van der Waals surface area contributed by atoms with Gasteiger partial charge >= 0.3 is 0 Å². The first-order valence-corrected chi connectivity index (χ1v) is 6.30. The van der Waals surface area contributed by atoms with Crippen molar-refractivity contribution in [2.45, 2.75) is 33.1 Å². The molecule has 0 aromatic carbocycles. The summed E-state index contributed by atoms with van der Waals surface area (Å²) in [4.78, 5) is 4.38. The SMILES string of the molecule is CCC1(CNc2ncc(Br)cc2C)CC1. The zero-order chi connectivity index (χ0) is 10.9. The van der Waals surface area contributed by atoms with E-state index in [4.69, 9.17) is 0 Å². The fourth-order valence-electron chi connectivity index (χ4n) is 1.83. The molecule has 1 aliphatic rings. The van der Waals surface area contributed by atoms with Gasteiger partial charge in [0.15, 0.2) is 0 Å². The van der Waals surface area contributed by atoms with Gasteiger partial charge in [-0.15, -0.1) is 0 Å². The molecule has 0 radical (unpaired) electrons. The highest BCUT2D eigenvalue weighted by atomic mass is 79.9. The predicted octanol–water partition coefficient (Wildman–Crippen LogP) is 3.75. The van der Waals surface area contributed by atoms with Gasteiger partial charge in [-0.2, -0.15) is 0 Å². The number of hydrogen-bond donors (Lipinski definition) is 1. The number of aryl methyl sites for hydroxylation is 1. The van der Waals surface area contributed by atoms with Crippen LogP contribution >= 0.6 is 15.9 Å². The molecule has 0 amide bonds. The van der Waals surface area contributed by atoms with Crippen molar-refractivity contribution < 1.29 is 0 Å². The van der Waals surface area contributed by atoms with Gasteiger partial charge in [0, 0.05) is 17.2 Å². The van der Waals surface area contributed by atoms with Gasteiger partial charge in [-0.1, -0.05) is 6.92 Å². The van der Waals surface area contributed by atoms with Gasteiger partial charge in [-0.3, -0.25) is 0 Å². The molecule has 1 aliphatic carbocycles. The smallest absolute Gasteiger partial charge is 0.128 e. The van der Waals surface area contributed by atoms with Gasteiger partial charge in [-0.05, 0) is 59.2 Å². The summed E-state index contributed by atoms with van der Waals surface area (Å²) in [6, 6.07) is 2.10. The summed E-state index contributed by atoms with van der Waals surface area (Å²) < 4.78 is 1.04. The molecule has 1 N–H and O–H groups in total. The maximum atomic E-state index is 4.38. The monoisotopic (exact) mass is 268 g/mol. The predicted molar refractivity (Wildman–Crippen MR) is 67.1 cm³/mol. The van der Waals surface area contributed by atoms with Crippen molar-refractivity contribution in [3.05, 3.63) is 22.3 Å². The topological polar surface area (TPSA) is 24.9 Å². The Bertz CT molecular complexity index is 359. The maximum absolute atomic E-state index is 4.38. The number of halogens is 1. The fourth-order valence-corrected chi connectivity index (χ4v) is 2.27. The van der Waals surface area contributed by atoms with Crippen molar-refractivity contribution in [3.8, 4) is 0 Å².